The van der Waals surface area contributed by atoms with Crippen LogP contribution in [0, 0.1) is 0 Å². The van der Waals surface area contributed by atoms with E-state index in [0.717, 1.165) is 43.6 Å². The minimum absolute atomic E-state index is 0.366. The van der Waals surface area contributed by atoms with Crippen LogP contribution in [0.5, 0.6) is 5.75 Å². The molecule has 0 saturated carbocycles. The molecule has 1 atom stereocenters. The van der Waals surface area contributed by atoms with Gasteiger partial charge in [-0.05, 0) is 37.1 Å². The normalized spacial score (nSPS) is 17.5. The van der Waals surface area contributed by atoms with Gasteiger partial charge in [-0.25, -0.2) is 0 Å². The van der Waals surface area contributed by atoms with Crippen molar-refractivity contribution >= 4 is 0 Å². The molecule has 1 unspecified atom stereocenters. The van der Waals surface area contributed by atoms with E-state index in [1.165, 1.54) is 18.6 Å². The van der Waals surface area contributed by atoms with Crippen molar-refractivity contribution in [2.45, 2.75) is 31.7 Å². The summed E-state index contributed by atoms with van der Waals surface area (Å²) in [5.74, 6) is 0.716. The maximum atomic E-state index is 12.8. The molecular formula is C19H20F3NO. The van der Waals surface area contributed by atoms with Crippen LogP contribution in [0.4, 0.5) is 13.2 Å². The number of hydrogen-bond acceptors (Lipinski definition) is 2. The molecule has 0 N–H and O–H groups in total. The van der Waals surface area contributed by atoms with E-state index in [0.29, 0.717) is 5.75 Å². The topological polar surface area (TPSA) is 12.5 Å². The number of likely N-dealkylation sites (tertiary alicyclic amines) is 1. The molecule has 0 aliphatic carbocycles. The van der Waals surface area contributed by atoms with E-state index < -0.39 is 11.7 Å². The second kappa shape index (κ2) is 7.26. The highest BCUT2D eigenvalue weighted by Gasteiger charge is 2.31. The Balaban J connectivity index is 1.85. The first-order chi connectivity index (χ1) is 11.5. The number of alkyl halides is 3. The van der Waals surface area contributed by atoms with Crippen molar-refractivity contribution in [3.8, 4) is 5.75 Å². The summed E-state index contributed by atoms with van der Waals surface area (Å²) in [6.45, 7) is 1.77. The third kappa shape index (κ3) is 4.09. The summed E-state index contributed by atoms with van der Waals surface area (Å²) in [7, 11) is 0. The van der Waals surface area contributed by atoms with Gasteiger partial charge in [-0.15, -0.1) is 0 Å². The monoisotopic (exact) mass is 335 g/mol. The molecule has 2 aromatic rings. The first kappa shape index (κ1) is 16.8. The third-order valence-electron chi connectivity index (χ3n) is 4.24. The molecule has 2 nitrogen and oxygen atoms in total. The van der Waals surface area contributed by atoms with E-state index >= 15 is 0 Å². The van der Waals surface area contributed by atoms with Crippen molar-refractivity contribution in [3.05, 3.63) is 65.7 Å². The fraction of sp³-hybridized carbons (Fsp3) is 0.368. The van der Waals surface area contributed by atoms with Gasteiger partial charge in [-0.1, -0.05) is 36.8 Å². The number of rotatable bonds is 4. The largest absolute Gasteiger partial charge is 0.471 e. The lowest BCUT2D eigenvalue weighted by atomic mass is 10.1. The van der Waals surface area contributed by atoms with Crippen LogP contribution >= 0.6 is 0 Å². The first-order valence-corrected chi connectivity index (χ1v) is 8.17. The van der Waals surface area contributed by atoms with Gasteiger partial charge in [0.2, 0.25) is 0 Å². The van der Waals surface area contributed by atoms with Gasteiger partial charge in [0.05, 0.1) is 5.56 Å². The van der Waals surface area contributed by atoms with E-state index in [4.69, 9.17) is 4.74 Å². The van der Waals surface area contributed by atoms with Crippen LogP contribution < -0.4 is 4.74 Å². The number of hydrogen-bond donors (Lipinski definition) is 0. The molecule has 24 heavy (non-hydrogen) atoms. The van der Waals surface area contributed by atoms with Gasteiger partial charge in [0.25, 0.3) is 0 Å². The van der Waals surface area contributed by atoms with E-state index in [2.05, 4.69) is 4.90 Å². The van der Waals surface area contributed by atoms with Crippen molar-refractivity contribution in [2.75, 3.05) is 13.1 Å². The summed E-state index contributed by atoms with van der Waals surface area (Å²) in [5.41, 5.74) is 0.108. The van der Waals surface area contributed by atoms with Gasteiger partial charge >= 0.3 is 6.18 Å². The molecule has 5 heteroatoms. The Morgan fingerprint density at radius 1 is 0.833 bits per heavy atom. The average molecular weight is 335 g/mol. The summed E-state index contributed by atoms with van der Waals surface area (Å²) < 4.78 is 44.5. The molecular weight excluding hydrogens is 315 g/mol. The van der Waals surface area contributed by atoms with Crippen molar-refractivity contribution in [2.24, 2.45) is 0 Å². The second-order valence-electron chi connectivity index (χ2n) is 6.00. The zero-order valence-electron chi connectivity index (χ0n) is 13.3. The van der Waals surface area contributed by atoms with Crippen molar-refractivity contribution in [3.63, 3.8) is 0 Å². The quantitative estimate of drug-likeness (QED) is 0.755. The van der Waals surface area contributed by atoms with E-state index in [1.807, 2.05) is 30.3 Å². The number of para-hydroxylation sites is 1. The zero-order valence-corrected chi connectivity index (χ0v) is 13.3. The molecule has 1 heterocycles. The summed E-state index contributed by atoms with van der Waals surface area (Å²) in [6.07, 6.45) is -1.35. The SMILES string of the molecule is FC(F)(F)c1ccc(C(Oc2ccccc2)N2CCCCC2)cc1. The van der Waals surface area contributed by atoms with E-state index in [9.17, 15) is 13.2 Å². The molecule has 1 saturated heterocycles. The van der Waals surface area contributed by atoms with Crippen LogP contribution in [0.1, 0.15) is 36.6 Å². The molecule has 1 aliphatic rings. The Morgan fingerprint density at radius 3 is 2.04 bits per heavy atom. The summed E-state index contributed by atoms with van der Waals surface area (Å²) in [6, 6.07) is 14.7. The summed E-state index contributed by atoms with van der Waals surface area (Å²) in [5, 5.41) is 0. The smallest absolute Gasteiger partial charge is 0.416 e. The number of piperidine rings is 1. The van der Waals surface area contributed by atoms with Gasteiger partial charge < -0.3 is 4.74 Å². The zero-order chi connectivity index (χ0) is 17.0. The minimum Gasteiger partial charge on any atom is -0.471 e. The second-order valence-corrected chi connectivity index (χ2v) is 6.00. The first-order valence-electron chi connectivity index (χ1n) is 8.17. The average Bonchev–Trinajstić information content (AvgIpc) is 2.61. The Bertz CT molecular complexity index is 634. The molecule has 0 amide bonds. The number of nitrogens with zero attached hydrogens (tertiary/aromatic N) is 1. The van der Waals surface area contributed by atoms with E-state index in [-0.39, 0.29) is 6.23 Å². The van der Waals surface area contributed by atoms with Crippen LogP contribution in [0.2, 0.25) is 0 Å². The fourth-order valence-corrected chi connectivity index (χ4v) is 2.97. The summed E-state index contributed by atoms with van der Waals surface area (Å²) >= 11 is 0. The predicted molar refractivity (Wildman–Crippen MR) is 86.7 cm³/mol. The fourth-order valence-electron chi connectivity index (χ4n) is 2.97. The molecule has 1 aliphatic heterocycles. The Kier molecular flexibility index (Phi) is 5.09. The molecule has 0 aromatic heterocycles. The van der Waals surface area contributed by atoms with Gasteiger partial charge in [0.1, 0.15) is 5.75 Å². The van der Waals surface area contributed by atoms with Crippen LogP contribution in [0.25, 0.3) is 0 Å². The molecule has 0 bridgehead atoms. The maximum Gasteiger partial charge on any atom is 0.416 e. The van der Waals surface area contributed by atoms with Crippen LogP contribution in [-0.2, 0) is 6.18 Å². The standard InChI is InChI=1S/C19H20F3NO/c20-19(21,22)16-11-9-15(10-12-16)18(23-13-5-2-6-14-23)24-17-7-3-1-4-8-17/h1,3-4,7-12,18H,2,5-6,13-14H2. The minimum atomic E-state index is -4.32. The van der Waals surface area contributed by atoms with Crippen LogP contribution in [-0.4, -0.2) is 18.0 Å². The molecule has 1 fully saturated rings. The van der Waals surface area contributed by atoms with Crippen LogP contribution in [0.15, 0.2) is 54.6 Å². The van der Waals surface area contributed by atoms with Gasteiger partial charge in [0, 0.05) is 18.7 Å². The number of halogens is 3. The van der Waals surface area contributed by atoms with Crippen molar-refractivity contribution < 1.29 is 17.9 Å². The lowest BCUT2D eigenvalue weighted by Gasteiger charge is -2.34. The van der Waals surface area contributed by atoms with E-state index in [1.54, 1.807) is 0 Å². The Morgan fingerprint density at radius 2 is 1.46 bits per heavy atom. The predicted octanol–water partition coefficient (Wildman–Crippen LogP) is 5.27. The van der Waals surface area contributed by atoms with Crippen molar-refractivity contribution in [1.82, 2.24) is 4.90 Å². The van der Waals surface area contributed by atoms with Gasteiger partial charge in [0.15, 0.2) is 6.23 Å². The highest BCUT2D eigenvalue weighted by atomic mass is 19.4. The lowest BCUT2D eigenvalue weighted by molar-refractivity contribution is -0.137. The lowest BCUT2D eigenvalue weighted by Crippen LogP contribution is -2.36. The summed E-state index contributed by atoms with van der Waals surface area (Å²) in [4.78, 5) is 2.19. The van der Waals surface area contributed by atoms with Crippen LogP contribution in [0.3, 0.4) is 0 Å². The molecule has 128 valence electrons. The highest BCUT2D eigenvalue weighted by molar-refractivity contribution is 5.28. The maximum absolute atomic E-state index is 12.8. The number of benzene rings is 2. The van der Waals surface area contributed by atoms with Gasteiger partial charge in [-0.2, -0.15) is 13.2 Å². The van der Waals surface area contributed by atoms with Crippen molar-refractivity contribution in [1.29, 1.82) is 0 Å². The Labute approximate surface area is 139 Å². The molecule has 0 radical (unpaired) electrons. The highest BCUT2D eigenvalue weighted by Crippen LogP contribution is 2.32. The molecule has 2 aromatic carbocycles. The molecule has 0 spiro atoms. The number of ether oxygens (including phenoxy) is 1. The Hall–Kier alpha value is -2.01. The third-order valence-corrected chi connectivity index (χ3v) is 4.24. The van der Waals surface area contributed by atoms with Gasteiger partial charge in [-0.3, -0.25) is 4.90 Å². The molecule has 3 rings (SSSR count).